The molecule has 0 spiro atoms. The summed E-state index contributed by atoms with van der Waals surface area (Å²) in [6.07, 6.45) is 2.47. The predicted octanol–water partition coefficient (Wildman–Crippen LogP) is 4.21. The van der Waals surface area contributed by atoms with Gasteiger partial charge in [0, 0.05) is 23.4 Å². The van der Waals surface area contributed by atoms with Gasteiger partial charge in [-0.25, -0.2) is 9.97 Å². The van der Waals surface area contributed by atoms with Gasteiger partial charge in [0.1, 0.15) is 11.6 Å². The van der Waals surface area contributed by atoms with Crippen molar-refractivity contribution in [2.24, 2.45) is 0 Å². The molecular formula is C16H27N3S. The Hall–Kier alpha value is -0.770. The van der Waals surface area contributed by atoms with Gasteiger partial charge >= 0.3 is 0 Å². The highest BCUT2D eigenvalue weighted by atomic mass is 32.2. The molecule has 4 heteroatoms. The average Bonchev–Trinajstić information content (AvgIpc) is 2.38. The van der Waals surface area contributed by atoms with Gasteiger partial charge in [0.05, 0.1) is 5.69 Å². The molecule has 0 bridgehead atoms. The summed E-state index contributed by atoms with van der Waals surface area (Å²) in [5, 5.41) is 3.62. The number of aromatic nitrogens is 2. The summed E-state index contributed by atoms with van der Waals surface area (Å²) in [5.74, 6) is 4.83. The highest BCUT2D eigenvalue weighted by Crippen LogP contribution is 2.26. The van der Waals surface area contributed by atoms with Gasteiger partial charge in [0.2, 0.25) is 0 Å². The second-order valence-electron chi connectivity index (χ2n) is 6.93. The third kappa shape index (κ3) is 4.11. The number of rotatable bonds is 3. The van der Waals surface area contributed by atoms with E-state index >= 15 is 0 Å². The molecule has 1 fully saturated rings. The van der Waals surface area contributed by atoms with Gasteiger partial charge in [0.25, 0.3) is 0 Å². The van der Waals surface area contributed by atoms with Crippen LogP contribution in [0.3, 0.4) is 0 Å². The van der Waals surface area contributed by atoms with Crippen LogP contribution in [-0.2, 0) is 5.41 Å². The number of nitrogens with one attached hydrogen (secondary N) is 1. The van der Waals surface area contributed by atoms with Crippen LogP contribution in [0.1, 0.15) is 64.9 Å². The monoisotopic (exact) mass is 293 g/mol. The van der Waals surface area contributed by atoms with E-state index in [9.17, 15) is 0 Å². The second-order valence-corrected chi connectivity index (χ2v) is 8.16. The van der Waals surface area contributed by atoms with E-state index < -0.39 is 0 Å². The van der Waals surface area contributed by atoms with Gasteiger partial charge in [-0.2, -0.15) is 11.8 Å². The number of anilines is 1. The van der Waals surface area contributed by atoms with E-state index in [0.29, 0.717) is 12.0 Å². The molecule has 3 nitrogen and oxygen atoms in total. The molecule has 0 unspecified atom stereocenters. The molecule has 112 valence electrons. The van der Waals surface area contributed by atoms with Crippen molar-refractivity contribution in [2.45, 2.75) is 64.8 Å². The van der Waals surface area contributed by atoms with Gasteiger partial charge in [-0.05, 0) is 24.3 Å². The maximum Gasteiger partial charge on any atom is 0.133 e. The molecule has 0 amide bonds. The lowest BCUT2D eigenvalue weighted by Gasteiger charge is -2.25. The van der Waals surface area contributed by atoms with Crippen LogP contribution in [0.5, 0.6) is 0 Å². The Balaban J connectivity index is 2.24. The van der Waals surface area contributed by atoms with Crippen LogP contribution in [0.15, 0.2) is 6.07 Å². The zero-order valence-electron chi connectivity index (χ0n) is 13.4. The first-order chi connectivity index (χ1) is 9.36. The minimum atomic E-state index is 0.0609. The summed E-state index contributed by atoms with van der Waals surface area (Å²) in [4.78, 5) is 9.45. The number of thioether (sulfide) groups is 1. The van der Waals surface area contributed by atoms with E-state index in [4.69, 9.17) is 9.97 Å². The average molecular weight is 293 g/mol. The van der Waals surface area contributed by atoms with Crippen molar-refractivity contribution in [1.29, 1.82) is 0 Å². The Morgan fingerprint density at radius 1 is 1.20 bits per heavy atom. The zero-order chi connectivity index (χ0) is 14.8. The minimum Gasteiger partial charge on any atom is -0.367 e. The Bertz CT molecular complexity index is 446. The molecule has 0 saturated carbocycles. The van der Waals surface area contributed by atoms with E-state index in [0.717, 1.165) is 17.3 Å². The lowest BCUT2D eigenvalue weighted by Crippen LogP contribution is -2.26. The van der Waals surface area contributed by atoms with Crippen molar-refractivity contribution in [3.63, 3.8) is 0 Å². The van der Waals surface area contributed by atoms with Crippen LogP contribution in [0.25, 0.3) is 0 Å². The van der Waals surface area contributed by atoms with Crippen molar-refractivity contribution in [3.8, 4) is 0 Å². The molecule has 1 saturated heterocycles. The third-order valence-corrected chi connectivity index (χ3v) is 4.65. The third-order valence-electron chi connectivity index (χ3n) is 3.60. The fourth-order valence-corrected chi connectivity index (χ4v) is 3.34. The predicted molar refractivity (Wildman–Crippen MR) is 88.8 cm³/mol. The van der Waals surface area contributed by atoms with Crippen LogP contribution in [0, 0.1) is 0 Å². The van der Waals surface area contributed by atoms with Crippen LogP contribution < -0.4 is 5.32 Å². The molecule has 20 heavy (non-hydrogen) atoms. The first-order valence-corrected chi connectivity index (χ1v) is 8.75. The van der Waals surface area contributed by atoms with E-state index in [1.807, 2.05) is 0 Å². The highest BCUT2D eigenvalue weighted by Gasteiger charge is 2.20. The summed E-state index contributed by atoms with van der Waals surface area (Å²) in [5.41, 5.74) is 1.19. The summed E-state index contributed by atoms with van der Waals surface area (Å²) in [6, 6.07) is 2.70. The maximum atomic E-state index is 4.74. The second kappa shape index (κ2) is 6.33. The van der Waals surface area contributed by atoms with Gasteiger partial charge in [-0.15, -0.1) is 0 Å². The molecule has 1 aromatic rings. The van der Waals surface area contributed by atoms with Crippen LogP contribution >= 0.6 is 11.8 Å². The topological polar surface area (TPSA) is 37.8 Å². The quantitative estimate of drug-likeness (QED) is 0.906. The summed E-state index contributed by atoms with van der Waals surface area (Å²) < 4.78 is 0. The first-order valence-electron chi connectivity index (χ1n) is 7.60. The van der Waals surface area contributed by atoms with Gasteiger partial charge < -0.3 is 5.32 Å². The van der Waals surface area contributed by atoms with Crippen LogP contribution in [-0.4, -0.2) is 27.5 Å². The molecule has 1 aliphatic heterocycles. The Morgan fingerprint density at radius 3 is 2.40 bits per heavy atom. The molecule has 1 aromatic heterocycles. The van der Waals surface area contributed by atoms with Crippen molar-refractivity contribution >= 4 is 17.6 Å². The summed E-state index contributed by atoms with van der Waals surface area (Å²) >= 11 is 2.05. The lowest BCUT2D eigenvalue weighted by atomic mass is 9.91. The van der Waals surface area contributed by atoms with E-state index in [1.54, 1.807) is 0 Å². The zero-order valence-corrected chi connectivity index (χ0v) is 14.2. The van der Waals surface area contributed by atoms with Gasteiger partial charge in [-0.1, -0.05) is 34.6 Å². The van der Waals surface area contributed by atoms with Gasteiger partial charge in [-0.3, -0.25) is 0 Å². The van der Waals surface area contributed by atoms with Crippen LogP contribution in [0.4, 0.5) is 5.82 Å². The normalized spacial score (nSPS) is 17.5. The fraction of sp³-hybridized carbons (Fsp3) is 0.750. The summed E-state index contributed by atoms with van der Waals surface area (Å²) in [7, 11) is 0. The van der Waals surface area contributed by atoms with E-state index in [-0.39, 0.29) is 5.41 Å². The van der Waals surface area contributed by atoms with Crippen molar-refractivity contribution in [3.05, 3.63) is 17.6 Å². The number of hydrogen-bond acceptors (Lipinski definition) is 4. The molecule has 0 atom stereocenters. The smallest absolute Gasteiger partial charge is 0.133 e. The fourth-order valence-electron chi connectivity index (χ4n) is 2.23. The van der Waals surface area contributed by atoms with Crippen molar-refractivity contribution < 1.29 is 0 Å². The first kappa shape index (κ1) is 15.6. The number of nitrogens with zero attached hydrogens (tertiary/aromatic N) is 2. The highest BCUT2D eigenvalue weighted by molar-refractivity contribution is 7.99. The largest absolute Gasteiger partial charge is 0.367 e. The number of hydrogen-bond donors (Lipinski definition) is 1. The lowest BCUT2D eigenvalue weighted by molar-refractivity contribution is 0.557. The Morgan fingerprint density at radius 2 is 1.85 bits per heavy atom. The Kier molecular flexibility index (Phi) is 4.95. The SMILES string of the molecule is CC(C)c1nc(NC2CCSCC2)cc(C(C)(C)C)n1. The molecule has 1 aliphatic rings. The molecular weight excluding hydrogens is 266 g/mol. The molecule has 0 aliphatic carbocycles. The molecule has 2 heterocycles. The maximum absolute atomic E-state index is 4.74. The van der Waals surface area contributed by atoms with Crippen molar-refractivity contribution in [2.75, 3.05) is 16.8 Å². The molecule has 2 rings (SSSR count). The van der Waals surface area contributed by atoms with Crippen molar-refractivity contribution in [1.82, 2.24) is 9.97 Å². The van der Waals surface area contributed by atoms with Gasteiger partial charge in [0.15, 0.2) is 0 Å². The standard InChI is InChI=1S/C16H27N3S/c1-11(2)15-18-13(16(3,4)5)10-14(19-15)17-12-6-8-20-9-7-12/h10-12H,6-9H2,1-5H3,(H,17,18,19). The molecule has 0 radical (unpaired) electrons. The van der Waals surface area contributed by atoms with E-state index in [1.165, 1.54) is 24.3 Å². The van der Waals surface area contributed by atoms with Crippen LogP contribution in [0.2, 0.25) is 0 Å². The summed E-state index contributed by atoms with van der Waals surface area (Å²) in [6.45, 7) is 10.9. The minimum absolute atomic E-state index is 0.0609. The molecule has 1 N–H and O–H groups in total. The van der Waals surface area contributed by atoms with E-state index in [2.05, 4.69) is 57.8 Å². The Labute approximate surface area is 127 Å². The molecule has 0 aromatic carbocycles.